The maximum Gasteiger partial charge on any atom is 0.328 e. The highest BCUT2D eigenvalue weighted by atomic mass is 79.9. The quantitative estimate of drug-likeness (QED) is 0.519. The Hall–Kier alpha value is -0.350. The van der Waals surface area contributed by atoms with Crippen molar-refractivity contribution in [1.29, 1.82) is 0 Å². The summed E-state index contributed by atoms with van der Waals surface area (Å²) in [6.45, 7) is 12.7. The summed E-state index contributed by atoms with van der Waals surface area (Å²) in [5.41, 5.74) is 0. The summed E-state index contributed by atoms with van der Waals surface area (Å²) >= 11 is 0. The first-order chi connectivity index (χ1) is 6.86. The first kappa shape index (κ1) is 18.0. The number of rotatable bonds is 6. The van der Waals surface area contributed by atoms with E-state index in [-0.39, 0.29) is 17.0 Å². The van der Waals surface area contributed by atoms with Gasteiger partial charge in [0.15, 0.2) is 0 Å². The van der Waals surface area contributed by atoms with Gasteiger partial charge in [-0.25, -0.2) is 4.79 Å². The van der Waals surface area contributed by atoms with E-state index in [4.69, 9.17) is 5.11 Å². The number of aliphatic carboxylic acids is 1. The van der Waals surface area contributed by atoms with Crippen LogP contribution in [0.2, 0.25) is 0 Å². The molecule has 0 aromatic rings. The van der Waals surface area contributed by atoms with Crippen molar-refractivity contribution in [3.8, 4) is 0 Å². The van der Waals surface area contributed by atoms with Gasteiger partial charge in [0, 0.05) is 6.08 Å². The van der Waals surface area contributed by atoms with Crippen LogP contribution in [0.1, 0.15) is 34.6 Å². The summed E-state index contributed by atoms with van der Waals surface area (Å²) in [6, 6.07) is 1.02. The largest absolute Gasteiger partial charge is 1.00 e. The van der Waals surface area contributed by atoms with Crippen LogP contribution in [0.3, 0.4) is 0 Å². The van der Waals surface area contributed by atoms with Gasteiger partial charge in [0.05, 0.1) is 25.2 Å². The van der Waals surface area contributed by atoms with Crippen LogP contribution < -0.4 is 17.0 Å². The predicted octanol–water partition coefficient (Wildman–Crippen LogP) is -0.715. The van der Waals surface area contributed by atoms with Crippen molar-refractivity contribution in [1.82, 2.24) is 0 Å². The van der Waals surface area contributed by atoms with E-state index in [0.29, 0.717) is 12.1 Å². The van der Waals surface area contributed by atoms with E-state index in [2.05, 4.69) is 34.6 Å². The molecule has 4 heteroatoms. The molecule has 0 aliphatic carbocycles. The molecule has 0 aliphatic heterocycles. The molecule has 0 aromatic heterocycles. The summed E-state index contributed by atoms with van der Waals surface area (Å²) in [4.78, 5) is 10.4. The lowest BCUT2D eigenvalue weighted by Crippen LogP contribution is -3.00. The van der Waals surface area contributed by atoms with Crippen molar-refractivity contribution >= 4 is 5.97 Å². The lowest BCUT2D eigenvalue weighted by atomic mass is 10.1. The predicted molar refractivity (Wildman–Crippen MR) is 62.7 cm³/mol. The van der Waals surface area contributed by atoms with Gasteiger partial charge in [0.25, 0.3) is 0 Å². The van der Waals surface area contributed by atoms with Gasteiger partial charge in [0.2, 0.25) is 0 Å². The second kappa shape index (κ2) is 7.85. The number of likely N-dealkylation sites (N-methyl/N-ethyl adjacent to an activating group) is 1. The molecule has 0 unspecified atom stereocenters. The zero-order valence-corrected chi connectivity index (χ0v) is 12.5. The van der Waals surface area contributed by atoms with Crippen LogP contribution in [0.15, 0.2) is 12.2 Å². The zero-order chi connectivity index (χ0) is 12.1. The Kier molecular flexibility index (Phi) is 8.84. The molecular weight excluding hydrogens is 270 g/mol. The molecule has 0 spiro atoms. The molecule has 0 fully saturated rings. The molecule has 0 amide bonds. The van der Waals surface area contributed by atoms with E-state index >= 15 is 0 Å². The molecule has 0 heterocycles. The summed E-state index contributed by atoms with van der Waals surface area (Å²) in [7, 11) is 0. The second-order valence-corrected chi connectivity index (χ2v) is 4.53. The molecule has 16 heavy (non-hydrogen) atoms. The first-order valence-electron chi connectivity index (χ1n) is 5.62. The van der Waals surface area contributed by atoms with E-state index in [1.165, 1.54) is 6.08 Å². The molecule has 0 saturated carbocycles. The Balaban J connectivity index is 0. The molecule has 3 nitrogen and oxygen atoms in total. The molecule has 0 radical (unpaired) electrons. The zero-order valence-electron chi connectivity index (χ0n) is 10.9. The highest BCUT2D eigenvalue weighted by Gasteiger charge is 2.31. The molecule has 96 valence electrons. The fourth-order valence-electron chi connectivity index (χ4n) is 2.23. The van der Waals surface area contributed by atoms with E-state index in [1.807, 2.05) is 0 Å². The van der Waals surface area contributed by atoms with Gasteiger partial charge in [-0.2, -0.15) is 0 Å². The van der Waals surface area contributed by atoms with Gasteiger partial charge < -0.3 is 26.6 Å². The lowest BCUT2D eigenvalue weighted by Gasteiger charge is -2.44. The normalized spacial score (nSPS) is 12.2. The van der Waals surface area contributed by atoms with Gasteiger partial charge in [0.1, 0.15) is 0 Å². The van der Waals surface area contributed by atoms with Crippen LogP contribution in [0.25, 0.3) is 0 Å². The highest BCUT2D eigenvalue weighted by Crippen LogP contribution is 2.18. The van der Waals surface area contributed by atoms with Gasteiger partial charge >= 0.3 is 5.97 Å². The van der Waals surface area contributed by atoms with E-state index in [1.54, 1.807) is 6.08 Å². The topological polar surface area (TPSA) is 37.3 Å². The van der Waals surface area contributed by atoms with Crippen molar-refractivity contribution in [3.05, 3.63) is 12.2 Å². The highest BCUT2D eigenvalue weighted by molar-refractivity contribution is 5.79. The van der Waals surface area contributed by atoms with Crippen molar-refractivity contribution in [2.75, 3.05) is 13.1 Å². The smallest absolute Gasteiger partial charge is 0.328 e. The van der Waals surface area contributed by atoms with E-state index < -0.39 is 5.97 Å². The minimum Gasteiger partial charge on any atom is -1.00 e. The third-order valence-electron chi connectivity index (χ3n) is 3.35. The summed E-state index contributed by atoms with van der Waals surface area (Å²) < 4.78 is 0.934. The fraction of sp³-hybridized carbons (Fsp3) is 0.750. The standard InChI is InChI=1S/C12H23NO2.BrH/c1-6-13(10(2)3,11(4)5)9-7-8-12(14)15;/h7-8,10-11H,6,9H2,1-5H3;1H/b8-7+;. The monoisotopic (exact) mass is 293 g/mol. The average Bonchev–Trinajstić information content (AvgIpc) is 2.10. The summed E-state index contributed by atoms with van der Waals surface area (Å²) in [5.74, 6) is -0.864. The third-order valence-corrected chi connectivity index (χ3v) is 3.35. The lowest BCUT2D eigenvalue weighted by molar-refractivity contribution is -0.960. The van der Waals surface area contributed by atoms with E-state index in [0.717, 1.165) is 17.6 Å². The number of hydrogen-bond donors (Lipinski definition) is 1. The number of nitrogens with zero attached hydrogens (tertiary/aromatic N) is 1. The maximum atomic E-state index is 10.4. The summed E-state index contributed by atoms with van der Waals surface area (Å²) in [6.07, 6.45) is 3.01. The number of hydrogen-bond acceptors (Lipinski definition) is 1. The van der Waals surface area contributed by atoms with E-state index in [9.17, 15) is 4.79 Å². The fourth-order valence-corrected chi connectivity index (χ4v) is 2.23. The van der Waals surface area contributed by atoms with Crippen LogP contribution in [0.5, 0.6) is 0 Å². The van der Waals surface area contributed by atoms with Gasteiger partial charge in [-0.3, -0.25) is 0 Å². The second-order valence-electron chi connectivity index (χ2n) is 4.53. The molecule has 0 rings (SSSR count). The van der Waals surface area contributed by atoms with Crippen LogP contribution in [0, 0.1) is 0 Å². The number of halogens is 1. The van der Waals surface area contributed by atoms with Crippen LogP contribution in [-0.4, -0.2) is 40.7 Å². The molecular formula is C12H24BrNO2. The maximum absolute atomic E-state index is 10.4. The number of quaternary nitrogens is 1. The Morgan fingerprint density at radius 3 is 1.94 bits per heavy atom. The van der Waals surface area contributed by atoms with Crippen molar-refractivity contribution in [2.45, 2.75) is 46.7 Å². The number of carboxylic acid groups (broad SMARTS) is 1. The summed E-state index contributed by atoms with van der Waals surface area (Å²) in [5, 5.41) is 8.57. The minimum atomic E-state index is -0.864. The van der Waals surface area contributed by atoms with Gasteiger partial charge in [-0.1, -0.05) is 0 Å². The van der Waals surface area contributed by atoms with Gasteiger partial charge in [-0.15, -0.1) is 0 Å². The van der Waals surface area contributed by atoms with Crippen LogP contribution in [0.4, 0.5) is 0 Å². The molecule has 0 aliphatic rings. The van der Waals surface area contributed by atoms with Crippen molar-refractivity contribution < 1.29 is 31.4 Å². The number of carboxylic acids is 1. The SMILES string of the molecule is CC[N+](C/C=C/C(=O)O)(C(C)C)C(C)C.[Br-]. The first-order valence-corrected chi connectivity index (χ1v) is 5.62. The van der Waals surface area contributed by atoms with Crippen molar-refractivity contribution in [2.24, 2.45) is 0 Å². The Labute approximate surface area is 110 Å². The molecule has 0 atom stereocenters. The average molecular weight is 294 g/mol. The molecule has 1 N–H and O–H groups in total. The molecule has 0 bridgehead atoms. The minimum absolute atomic E-state index is 0. The van der Waals surface area contributed by atoms with Crippen LogP contribution >= 0.6 is 0 Å². The third kappa shape index (κ3) is 4.66. The van der Waals surface area contributed by atoms with Gasteiger partial charge in [-0.05, 0) is 40.7 Å². The molecule has 0 aromatic carbocycles. The Morgan fingerprint density at radius 2 is 1.69 bits per heavy atom. The van der Waals surface area contributed by atoms with Crippen molar-refractivity contribution in [3.63, 3.8) is 0 Å². The Bertz CT molecular complexity index is 229. The van der Waals surface area contributed by atoms with Crippen LogP contribution in [-0.2, 0) is 4.79 Å². The Morgan fingerprint density at radius 1 is 1.25 bits per heavy atom. The molecule has 0 saturated heterocycles. The number of carbonyl (C=O) groups is 1.